The lowest BCUT2D eigenvalue weighted by Crippen LogP contribution is -2.48. The van der Waals surface area contributed by atoms with E-state index in [4.69, 9.17) is 4.74 Å². The fourth-order valence-corrected chi connectivity index (χ4v) is 2.51. The van der Waals surface area contributed by atoms with Crippen LogP contribution in [0.2, 0.25) is 0 Å². The summed E-state index contributed by atoms with van der Waals surface area (Å²) in [5.74, 6) is -4.06. The molecule has 0 aromatic rings. The van der Waals surface area contributed by atoms with Crippen LogP contribution >= 0.6 is 0 Å². The van der Waals surface area contributed by atoms with E-state index < -0.39 is 30.4 Å². The van der Waals surface area contributed by atoms with Crippen molar-refractivity contribution in [2.75, 3.05) is 13.2 Å². The SMILES string of the molecule is CCOC(=O)[C@@]12CCC(=O)N1CC(F)(F)C2. The third-order valence-corrected chi connectivity index (χ3v) is 3.17. The first-order valence-corrected chi connectivity index (χ1v) is 5.27. The zero-order valence-corrected chi connectivity index (χ0v) is 8.96. The molecule has 1 amide bonds. The van der Waals surface area contributed by atoms with Crippen LogP contribution in [-0.2, 0) is 14.3 Å². The second-order valence-corrected chi connectivity index (χ2v) is 4.26. The predicted molar refractivity (Wildman–Crippen MR) is 49.9 cm³/mol. The molecule has 0 saturated carbocycles. The molecule has 2 aliphatic rings. The number of nitrogens with zero attached hydrogens (tertiary/aromatic N) is 1. The smallest absolute Gasteiger partial charge is 0.332 e. The molecule has 2 fully saturated rings. The molecule has 16 heavy (non-hydrogen) atoms. The number of rotatable bonds is 2. The van der Waals surface area contributed by atoms with Crippen LogP contribution in [0.4, 0.5) is 8.78 Å². The van der Waals surface area contributed by atoms with Crippen LogP contribution in [0.15, 0.2) is 0 Å². The van der Waals surface area contributed by atoms with Crippen LogP contribution in [0.3, 0.4) is 0 Å². The van der Waals surface area contributed by atoms with Crippen molar-refractivity contribution in [1.82, 2.24) is 4.90 Å². The van der Waals surface area contributed by atoms with Gasteiger partial charge in [0.25, 0.3) is 5.92 Å². The number of amides is 1. The van der Waals surface area contributed by atoms with E-state index in [0.29, 0.717) is 0 Å². The highest BCUT2D eigenvalue weighted by atomic mass is 19.3. The Balaban J connectivity index is 2.30. The molecule has 2 saturated heterocycles. The van der Waals surface area contributed by atoms with Crippen LogP contribution in [0.25, 0.3) is 0 Å². The Morgan fingerprint density at radius 1 is 1.56 bits per heavy atom. The molecule has 0 aliphatic carbocycles. The van der Waals surface area contributed by atoms with E-state index in [1.54, 1.807) is 6.92 Å². The molecule has 2 heterocycles. The number of ether oxygens (including phenoxy) is 1. The monoisotopic (exact) mass is 233 g/mol. The van der Waals surface area contributed by atoms with Gasteiger partial charge in [-0.15, -0.1) is 0 Å². The molecule has 0 aromatic carbocycles. The molecule has 0 spiro atoms. The molecular weight excluding hydrogens is 220 g/mol. The van der Waals surface area contributed by atoms with Crippen molar-refractivity contribution in [1.29, 1.82) is 0 Å². The minimum Gasteiger partial charge on any atom is -0.464 e. The number of alkyl halides is 2. The molecule has 2 aliphatic heterocycles. The van der Waals surface area contributed by atoms with Gasteiger partial charge in [0.05, 0.1) is 13.2 Å². The maximum Gasteiger partial charge on any atom is 0.332 e. The number of carbonyl (C=O) groups is 2. The van der Waals surface area contributed by atoms with Gasteiger partial charge in [-0.25, -0.2) is 13.6 Å². The number of hydrogen-bond acceptors (Lipinski definition) is 3. The van der Waals surface area contributed by atoms with E-state index in [1.165, 1.54) is 0 Å². The Hall–Kier alpha value is -1.20. The Bertz CT molecular complexity index is 345. The number of hydrogen-bond donors (Lipinski definition) is 0. The van der Waals surface area contributed by atoms with Gasteiger partial charge in [0.15, 0.2) is 0 Å². The summed E-state index contributed by atoms with van der Waals surface area (Å²) in [5, 5.41) is 0. The fraction of sp³-hybridized carbons (Fsp3) is 0.800. The molecule has 0 aromatic heterocycles. The molecule has 90 valence electrons. The summed E-state index contributed by atoms with van der Waals surface area (Å²) in [4.78, 5) is 24.2. The average Bonchev–Trinajstić information content (AvgIpc) is 2.62. The zero-order chi connectivity index (χ0) is 12.0. The number of esters is 1. The Morgan fingerprint density at radius 3 is 2.88 bits per heavy atom. The molecule has 0 unspecified atom stereocenters. The highest BCUT2D eigenvalue weighted by Crippen LogP contribution is 2.47. The highest BCUT2D eigenvalue weighted by molar-refractivity contribution is 5.92. The van der Waals surface area contributed by atoms with Crippen molar-refractivity contribution in [3.05, 3.63) is 0 Å². The molecule has 0 bridgehead atoms. The molecule has 4 nitrogen and oxygen atoms in total. The molecule has 6 heteroatoms. The summed E-state index contributed by atoms with van der Waals surface area (Å²) < 4.78 is 31.4. The number of halogens is 2. The first-order valence-electron chi connectivity index (χ1n) is 5.27. The van der Waals surface area contributed by atoms with E-state index >= 15 is 0 Å². The summed E-state index contributed by atoms with van der Waals surface area (Å²) in [6.45, 7) is 1.08. The maximum atomic E-state index is 13.3. The van der Waals surface area contributed by atoms with Gasteiger partial charge in [0, 0.05) is 12.8 Å². The van der Waals surface area contributed by atoms with Crippen LogP contribution in [-0.4, -0.2) is 41.4 Å². The quantitative estimate of drug-likeness (QED) is 0.667. The summed E-state index contributed by atoms with van der Waals surface area (Å²) >= 11 is 0. The first kappa shape index (κ1) is 11.3. The average molecular weight is 233 g/mol. The van der Waals surface area contributed by atoms with Crippen molar-refractivity contribution in [2.24, 2.45) is 0 Å². The fourth-order valence-electron chi connectivity index (χ4n) is 2.51. The van der Waals surface area contributed by atoms with Gasteiger partial charge in [-0.3, -0.25) is 4.79 Å². The van der Waals surface area contributed by atoms with Gasteiger partial charge in [0.2, 0.25) is 5.91 Å². The standard InChI is InChI=1S/C10H13F2NO3/c1-2-16-8(15)9-4-3-7(14)13(9)6-10(11,12)5-9/h2-6H2,1H3/t9-/m0/s1. The second kappa shape index (κ2) is 3.40. The van der Waals surface area contributed by atoms with E-state index in [2.05, 4.69) is 0 Å². The lowest BCUT2D eigenvalue weighted by Gasteiger charge is -2.28. The normalized spacial score (nSPS) is 31.7. The van der Waals surface area contributed by atoms with Gasteiger partial charge in [-0.2, -0.15) is 0 Å². The maximum absolute atomic E-state index is 13.3. The molecule has 1 atom stereocenters. The number of fused-ring (bicyclic) bond motifs is 1. The second-order valence-electron chi connectivity index (χ2n) is 4.26. The lowest BCUT2D eigenvalue weighted by molar-refractivity contribution is -0.157. The van der Waals surface area contributed by atoms with Crippen LogP contribution in [0, 0.1) is 0 Å². The molecule has 0 radical (unpaired) electrons. The van der Waals surface area contributed by atoms with Gasteiger partial charge in [-0.05, 0) is 13.3 Å². The van der Waals surface area contributed by atoms with Crippen molar-refractivity contribution in [2.45, 2.75) is 37.6 Å². The Kier molecular flexibility index (Phi) is 2.40. The van der Waals surface area contributed by atoms with Gasteiger partial charge in [0.1, 0.15) is 5.54 Å². The minimum absolute atomic E-state index is 0.133. The topological polar surface area (TPSA) is 46.6 Å². The van der Waals surface area contributed by atoms with Crippen molar-refractivity contribution in [3.8, 4) is 0 Å². The van der Waals surface area contributed by atoms with Crippen LogP contribution < -0.4 is 0 Å². The van der Waals surface area contributed by atoms with Gasteiger partial charge in [-0.1, -0.05) is 0 Å². The third kappa shape index (κ3) is 1.47. The zero-order valence-electron chi connectivity index (χ0n) is 8.96. The summed E-state index contributed by atoms with van der Waals surface area (Å²) in [6, 6.07) is 0. The minimum atomic E-state index is -2.98. The summed E-state index contributed by atoms with van der Waals surface area (Å²) in [5.41, 5.74) is -1.41. The third-order valence-electron chi connectivity index (χ3n) is 3.17. The highest BCUT2D eigenvalue weighted by Gasteiger charge is 2.64. The van der Waals surface area contributed by atoms with Crippen molar-refractivity contribution < 1.29 is 23.1 Å². The summed E-state index contributed by atoms with van der Waals surface area (Å²) in [6.07, 6.45) is -0.320. The van der Waals surface area contributed by atoms with Crippen molar-refractivity contribution >= 4 is 11.9 Å². The Labute approximate surface area is 91.5 Å². The Morgan fingerprint density at radius 2 is 2.25 bits per heavy atom. The van der Waals surface area contributed by atoms with Gasteiger partial charge < -0.3 is 9.64 Å². The predicted octanol–water partition coefficient (Wildman–Crippen LogP) is 0.950. The number of carbonyl (C=O) groups excluding carboxylic acids is 2. The first-order chi connectivity index (χ1) is 7.41. The molecular formula is C10H13F2NO3. The van der Waals surface area contributed by atoms with E-state index in [0.717, 1.165) is 4.90 Å². The van der Waals surface area contributed by atoms with Gasteiger partial charge >= 0.3 is 5.97 Å². The summed E-state index contributed by atoms with van der Waals surface area (Å²) in [7, 11) is 0. The van der Waals surface area contributed by atoms with E-state index in [-0.39, 0.29) is 25.4 Å². The largest absolute Gasteiger partial charge is 0.464 e. The van der Waals surface area contributed by atoms with Crippen molar-refractivity contribution in [3.63, 3.8) is 0 Å². The lowest BCUT2D eigenvalue weighted by atomic mass is 9.93. The molecule has 2 rings (SSSR count). The van der Waals surface area contributed by atoms with Crippen LogP contribution in [0.5, 0.6) is 0 Å². The van der Waals surface area contributed by atoms with Crippen LogP contribution in [0.1, 0.15) is 26.2 Å². The molecule has 0 N–H and O–H groups in total. The van der Waals surface area contributed by atoms with E-state index in [9.17, 15) is 18.4 Å². The van der Waals surface area contributed by atoms with E-state index in [1.807, 2.05) is 0 Å².